The molecule has 4 nitrogen and oxygen atoms in total. The van der Waals surface area contributed by atoms with Crippen LogP contribution in [0.1, 0.15) is 32.3 Å². The van der Waals surface area contributed by atoms with Crippen molar-refractivity contribution in [3.05, 3.63) is 35.9 Å². The molecule has 1 rings (SSSR count). The Bertz CT molecular complexity index is 379. The van der Waals surface area contributed by atoms with E-state index in [-0.39, 0.29) is 11.9 Å². The van der Waals surface area contributed by atoms with Gasteiger partial charge in [-0.05, 0) is 24.8 Å². The number of amides is 1. The molecule has 0 aliphatic rings. The Morgan fingerprint density at radius 2 is 2.00 bits per heavy atom. The van der Waals surface area contributed by atoms with E-state index in [0.29, 0.717) is 32.1 Å². The first kappa shape index (κ1) is 16.7. The molecule has 4 heteroatoms. The summed E-state index contributed by atoms with van der Waals surface area (Å²) >= 11 is 0. The van der Waals surface area contributed by atoms with Crippen molar-refractivity contribution in [1.29, 1.82) is 0 Å². The summed E-state index contributed by atoms with van der Waals surface area (Å²) in [5.41, 5.74) is 6.78. The number of benzene rings is 1. The van der Waals surface area contributed by atoms with E-state index in [4.69, 9.17) is 10.5 Å². The van der Waals surface area contributed by atoms with Gasteiger partial charge in [-0.25, -0.2) is 0 Å². The SMILES string of the molecule is CC(N)CCC(=O)NCC(C)COCc1ccccc1. The quantitative estimate of drug-likeness (QED) is 0.727. The van der Waals surface area contributed by atoms with Gasteiger partial charge in [-0.15, -0.1) is 0 Å². The van der Waals surface area contributed by atoms with Crippen LogP contribution in [0.5, 0.6) is 0 Å². The molecule has 0 fully saturated rings. The molecule has 0 spiro atoms. The first-order valence-corrected chi connectivity index (χ1v) is 7.22. The zero-order valence-corrected chi connectivity index (χ0v) is 12.5. The summed E-state index contributed by atoms with van der Waals surface area (Å²) < 4.78 is 5.64. The third-order valence-electron chi connectivity index (χ3n) is 2.99. The zero-order valence-electron chi connectivity index (χ0n) is 12.5. The standard InChI is InChI=1S/C16H26N2O2/c1-13(10-18-16(19)9-8-14(2)17)11-20-12-15-6-4-3-5-7-15/h3-7,13-14H,8-12,17H2,1-2H3,(H,18,19). The van der Waals surface area contributed by atoms with Gasteiger partial charge in [-0.2, -0.15) is 0 Å². The minimum atomic E-state index is 0.0669. The van der Waals surface area contributed by atoms with Crippen molar-refractivity contribution in [2.45, 2.75) is 39.3 Å². The molecule has 0 aliphatic heterocycles. The van der Waals surface area contributed by atoms with E-state index < -0.39 is 0 Å². The Kier molecular flexibility index (Phi) is 7.92. The third kappa shape index (κ3) is 7.92. The molecule has 112 valence electrons. The van der Waals surface area contributed by atoms with E-state index in [1.165, 1.54) is 5.56 Å². The van der Waals surface area contributed by atoms with Gasteiger partial charge in [0.25, 0.3) is 0 Å². The lowest BCUT2D eigenvalue weighted by molar-refractivity contribution is -0.121. The van der Waals surface area contributed by atoms with E-state index in [0.717, 1.165) is 6.42 Å². The van der Waals surface area contributed by atoms with Gasteiger partial charge < -0.3 is 15.8 Å². The highest BCUT2D eigenvalue weighted by Gasteiger charge is 2.07. The van der Waals surface area contributed by atoms with Crippen molar-refractivity contribution in [2.24, 2.45) is 11.7 Å². The third-order valence-corrected chi connectivity index (χ3v) is 2.99. The molecule has 0 saturated heterocycles. The Morgan fingerprint density at radius 3 is 2.65 bits per heavy atom. The fourth-order valence-corrected chi connectivity index (χ4v) is 1.75. The topological polar surface area (TPSA) is 64.4 Å². The molecular weight excluding hydrogens is 252 g/mol. The van der Waals surface area contributed by atoms with Crippen molar-refractivity contribution in [3.63, 3.8) is 0 Å². The number of hydrogen-bond acceptors (Lipinski definition) is 3. The van der Waals surface area contributed by atoms with Gasteiger partial charge in [-0.1, -0.05) is 37.3 Å². The fourth-order valence-electron chi connectivity index (χ4n) is 1.75. The molecule has 1 amide bonds. The van der Waals surface area contributed by atoms with Crippen LogP contribution in [0.4, 0.5) is 0 Å². The lowest BCUT2D eigenvalue weighted by Gasteiger charge is -2.13. The van der Waals surface area contributed by atoms with Crippen LogP contribution in [0.25, 0.3) is 0 Å². The van der Waals surface area contributed by atoms with Crippen LogP contribution in [0.3, 0.4) is 0 Å². The summed E-state index contributed by atoms with van der Waals surface area (Å²) in [6, 6.07) is 10.2. The zero-order chi connectivity index (χ0) is 14.8. The van der Waals surface area contributed by atoms with Crippen LogP contribution >= 0.6 is 0 Å². The van der Waals surface area contributed by atoms with Crippen LogP contribution in [0, 0.1) is 5.92 Å². The molecule has 20 heavy (non-hydrogen) atoms. The molecule has 0 saturated carbocycles. The van der Waals surface area contributed by atoms with Crippen LogP contribution in [-0.2, 0) is 16.1 Å². The summed E-state index contributed by atoms with van der Waals surface area (Å²) in [6.45, 7) is 5.88. The van der Waals surface area contributed by atoms with Crippen LogP contribution < -0.4 is 11.1 Å². The lowest BCUT2D eigenvalue weighted by Crippen LogP contribution is -2.31. The largest absolute Gasteiger partial charge is 0.376 e. The Labute approximate surface area is 121 Å². The number of ether oxygens (including phenoxy) is 1. The van der Waals surface area contributed by atoms with Crippen molar-refractivity contribution in [2.75, 3.05) is 13.2 Å². The second-order valence-electron chi connectivity index (χ2n) is 5.43. The number of nitrogens with two attached hydrogens (primary N) is 1. The highest BCUT2D eigenvalue weighted by atomic mass is 16.5. The predicted octanol–water partition coefficient (Wildman–Crippen LogP) is 2.08. The second-order valence-corrected chi connectivity index (χ2v) is 5.43. The molecule has 0 aliphatic carbocycles. The molecular formula is C16H26N2O2. The molecule has 2 atom stereocenters. The Morgan fingerprint density at radius 1 is 1.30 bits per heavy atom. The van der Waals surface area contributed by atoms with E-state index in [1.54, 1.807) is 0 Å². The Balaban J connectivity index is 2.08. The van der Waals surface area contributed by atoms with E-state index in [1.807, 2.05) is 37.3 Å². The van der Waals surface area contributed by atoms with Gasteiger partial charge >= 0.3 is 0 Å². The molecule has 0 bridgehead atoms. The first-order valence-electron chi connectivity index (χ1n) is 7.22. The van der Waals surface area contributed by atoms with Crippen LogP contribution in [-0.4, -0.2) is 25.1 Å². The highest BCUT2D eigenvalue weighted by Crippen LogP contribution is 2.03. The average Bonchev–Trinajstić information content (AvgIpc) is 2.44. The highest BCUT2D eigenvalue weighted by molar-refractivity contribution is 5.75. The molecule has 3 N–H and O–H groups in total. The predicted molar refractivity (Wildman–Crippen MR) is 81.2 cm³/mol. The van der Waals surface area contributed by atoms with Gasteiger partial charge in [-0.3, -0.25) is 4.79 Å². The molecule has 2 unspecified atom stereocenters. The summed E-state index contributed by atoms with van der Waals surface area (Å²) in [7, 11) is 0. The van der Waals surface area contributed by atoms with Crippen molar-refractivity contribution < 1.29 is 9.53 Å². The van der Waals surface area contributed by atoms with Crippen LogP contribution in [0.15, 0.2) is 30.3 Å². The molecule has 0 radical (unpaired) electrons. The maximum absolute atomic E-state index is 11.5. The van der Waals surface area contributed by atoms with Crippen molar-refractivity contribution >= 4 is 5.91 Å². The number of nitrogens with one attached hydrogen (secondary N) is 1. The monoisotopic (exact) mass is 278 g/mol. The molecule has 0 heterocycles. The molecule has 0 aromatic heterocycles. The average molecular weight is 278 g/mol. The molecule has 1 aromatic carbocycles. The maximum Gasteiger partial charge on any atom is 0.220 e. The number of carbonyl (C=O) groups is 1. The van der Waals surface area contributed by atoms with Gasteiger partial charge in [0.2, 0.25) is 5.91 Å². The van der Waals surface area contributed by atoms with Crippen LogP contribution in [0.2, 0.25) is 0 Å². The summed E-state index contributed by atoms with van der Waals surface area (Å²) in [5, 5.41) is 2.91. The normalized spacial score (nSPS) is 13.8. The summed E-state index contributed by atoms with van der Waals surface area (Å²) in [6.07, 6.45) is 1.22. The van der Waals surface area contributed by atoms with Gasteiger partial charge in [0, 0.05) is 19.0 Å². The minimum Gasteiger partial charge on any atom is -0.376 e. The number of carbonyl (C=O) groups excluding carboxylic acids is 1. The van der Waals surface area contributed by atoms with Gasteiger partial charge in [0.15, 0.2) is 0 Å². The van der Waals surface area contributed by atoms with Gasteiger partial charge in [0.05, 0.1) is 13.2 Å². The van der Waals surface area contributed by atoms with E-state index in [2.05, 4.69) is 12.2 Å². The summed E-state index contributed by atoms with van der Waals surface area (Å²) in [4.78, 5) is 11.5. The molecule has 1 aromatic rings. The van der Waals surface area contributed by atoms with E-state index >= 15 is 0 Å². The first-order chi connectivity index (χ1) is 9.58. The fraction of sp³-hybridized carbons (Fsp3) is 0.562. The lowest BCUT2D eigenvalue weighted by atomic mass is 10.1. The number of rotatable bonds is 9. The van der Waals surface area contributed by atoms with Crippen molar-refractivity contribution in [3.8, 4) is 0 Å². The smallest absolute Gasteiger partial charge is 0.220 e. The summed E-state index contributed by atoms with van der Waals surface area (Å²) in [5.74, 6) is 0.371. The minimum absolute atomic E-state index is 0.0669. The maximum atomic E-state index is 11.5. The van der Waals surface area contributed by atoms with Crippen molar-refractivity contribution in [1.82, 2.24) is 5.32 Å². The van der Waals surface area contributed by atoms with Gasteiger partial charge in [0.1, 0.15) is 0 Å². The second kappa shape index (κ2) is 9.50. The van der Waals surface area contributed by atoms with E-state index in [9.17, 15) is 4.79 Å². The number of hydrogen-bond donors (Lipinski definition) is 2. The Hall–Kier alpha value is -1.39.